The van der Waals surface area contributed by atoms with Crippen LogP contribution in [-0.4, -0.2) is 25.4 Å². The number of pyridine rings is 1. The highest BCUT2D eigenvalue weighted by Crippen LogP contribution is 2.26. The highest BCUT2D eigenvalue weighted by molar-refractivity contribution is 5.71. The molecule has 0 unspecified atom stereocenters. The highest BCUT2D eigenvalue weighted by Gasteiger charge is 2.20. The molecule has 0 spiro atoms. The van der Waals surface area contributed by atoms with Gasteiger partial charge < -0.3 is 10.6 Å². The lowest BCUT2D eigenvalue weighted by Crippen LogP contribution is -2.15. The normalized spacial score (nSPS) is 13.7. The molecule has 0 aliphatic heterocycles. The first kappa shape index (κ1) is 17.8. The van der Waals surface area contributed by atoms with Crippen LogP contribution in [0.4, 0.5) is 5.82 Å². The summed E-state index contributed by atoms with van der Waals surface area (Å²) in [4.78, 5) is 13.3. The van der Waals surface area contributed by atoms with E-state index in [9.17, 15) is 0 Å². The van der Waals surface area contributed by atoms with Gasteiger partial charge in [0.2, 0.25) is 0 Å². The molecular weight excluding hydrogens is 360 g/mol. The fourth-order valence-electron chi connectivity index (χ4n) is 3.54. The van der Waals surface area contributed by atoms with Gasteiger partial charge in [-0.15, -0.1) is 0 Å². The van der Waals surface area contributed by atoms with Gasteiger partial charge in [0.25, 0.3) is 0 Å². The van der Waals surface area contributed by atoms with E-state index in [0.29, 0.717) is 6.54 Å². The maximum Gasteiger partial charge on any atom is 0.180 e. The quantitative estimate of drug-likeness (QED) is 0.505. The van der Waals surface area contributed by atoms with Gasteiger partial charge in [0.15, 0.2) is 11.5 Å². The number of nitrogens with one attached hydrogen (secondary N) is 2. The van der Waals surface area contributed by atoms with Gasteiger partial charge in [0.1, 0.15) is 0 Å². The molecule has 1 aromatic carbocycles. The molecule has 4 aromatic rings. The summed E-state index contributed by atoms with van der Waals surface area (Å²) in [6.07, 6.45) is 11.9. The van der Waals surface area contributed by atoms with Crippen LogP contribution in [0.5, 0.6) is 0 Å². The van der Waals surface area contributed by atoms with Crippen LogP contribution in [0.1, 0.15) is 29.5 Å². The van der Waals surface area contributed by atoms with Crippen LogP contribution < -0.4 is 10.6 Å². The molecule has 3 heterocycles. The lowest BCUT2D eigenvalue weighted by molar-refractivity contribution is 0.685. The molecule has 1 saturated carbocycles. The number of imidazole rings is 1. The molecule has 2 N–H and O–H groups in total. The monoisotopic (exact) mass is 384 g/mol. The van der Waals surface area contributed by atoms with E-state index < -0.39 is 0 Å². The fourth-order valence-corrected chi connectivity index (χ4v) is 3.54. The van der Waals surface area contributed by atoms with Crippen molar-refractivity contribution in [1.29, 1.82) is 0 Å². The van der Waals surface area contributed by atoms with Crippen molar-refractivity contribution in [3.05, 3.63) is 78.0 Å². The first-order valence-electron chi connectivity index (χ1n) is 10.1. The van der Waals surface area contributed by atoms with Crippen LogP contribution in [-0.2, 0) is 13.1 Å². The molecule has 1 fully saturated rings. The standard InChI is InChI=1S/C23H24N6/c1-16-11-18(4-5-19(16)14-26-20-6-7-20)21-15-28-23-22(25-9-10-29(21)23)27-13-17-3-2-8-24-12-17/h2-5,8-12,15,20,26H,6-7,13-14H2,1H3,(H,25,27). The summed E-state index contributed by atoms with van der Waals surface area (Å²) in [5.74, 6) is 0.768. The van der Waals surface area contributed by atoms with Crippen molar-refractivity contribution >= 4 is 11.5 Å². The van der Waals surface area contributed by atoms with Gasteiger partial charge in [-0.05, 0) is 48.6 Å². The third kappa shape index (κ3) is 3.84. The van der Waals surface area contributed by atoms with Crippen molar-refractivity contribution in [3.8, 4) is 11.3 Å². The Morgan fingerprint density at radius 2 is 2.00 bits per heavy atom. The van der Waals surface area contributed by atoms with Crippen molar-refractivity contribution in [2.24, 2.45) is 0 Å². The maximum atomic E-state index is 4.64. The molecule has 3 aromatic heterocycles. The Labute approximate surface area is 170 Å². The summed E-state index contributed by atoms with van der Waals surface area (Å²) >= 11 is 0. The molecule has 0 saturated heterocycles. The van der Waals surface area contributed by atoms with Crippen molar-refractivity contribution < 1.29 is 0 Å². The smallest absolute Gasteiger partial charge is 0.180 e. The average Bonchev–Trinajstić information content (AvgIpc) is 3.48. The number of nitrogens with zero attached hydrogens (tertiary/aromatic N) is 4. The molecule has 1 aliphatic rings. The second kappa shape index (κ2) is 7.64. The summed E-state index contributed by atoms with van der Waals surface area (Å²) in [5, 5.41) is 6.97. The van der Waals surface area contributed by atoms with Crippen LogP contribution >= 0.6 is 0 Å². The van der Waals surface area contributed by atoms with E-state index in [0.717, 1.165) is 40.9 Å². The topological polar surface area (TPSA) is 67.1 Å². The Morgan fingerprint density at radius 1 is 1.07 bits per heavy atom. The van der Waals surface area contributed by atoms with Crippen molar-refractivity contribution in [3.63, 3.8) is 0 Å². The molecule has 1 aliphatic carbocycles. The third-order valence-corrected chi connectivity index (χ3v) is 5.41. The van der Waals surface area contributed by atoms with E-state index in [2.05, 4.69) is 55.1 Å². The molecule has 6 nitrogen and oxygen atoms in total. The van der Waals surface area contributed by atoms with Crippen molar-refractivity contribution in [2.45, 2.75) is 38.9 Å². The second-order valence-electron chi connectivity index (χ2n) is 7.62. The minimum atomic E-state index is 0.657. The molecule has 0 atom stereocenters. The second-order valence-corrected chi connectivity index (χ2v) is 7.62. The van der Waals surface area contributed by atoms with E-state index in [4.69, 9.17) is 0 Å². The maximum absolute atomic E-state index is 4.64. The zero-order valence-electron chi connectivity index (χ0n) is 16.5. The van der Waals surface area contributed by atoms with E-state index in [1.807, 2.05) is 36.9 Å². The number of fused-ring (bicyclic) bond motifs is 1. The van der Waals surface area contributed by atoms with Crippen LogP contribution in [0.15, 0.2) is 61.3 Å². The molecule has 29 heavy (non-hydrogen) atoms. The van der Waals surface area contributed by atoms with Gasteiger partial charge in [0.05, 0.1) is 11.9 Å². The summed E-state index contributed by atoms with van der Waals surface area (Å²) in [5.41, 5.74) is 6.81. The van der Waals surface area contributed by atoms with Crippen LogP contribution in [0, 0.1) is 6.92 Å². The third-order valence-electron chi connectivity index (χ3n) is 5.41. The Kier molecular flexibility index (Phi) is 4.69. The summed E-state index contributed by atoms with van der Waals surface area (Å²) in [7, 11) is 0. The van der Waals surface area contributed by atoms with Gasteiger partial charge in [-0.3, -0.25) is 9.38 Å². The number of benzene rings is 1. The van der Waals surface area contributed by atoms with Crippen molar-refractivity contribution in [2.75, 3.05) is 5.32 Å². The largest absolute Gasteiger partial charge is 0.363 e. The number of hydrogen-bond acceptors (Lipinski definition) is 5. The molecule has 5 rings (SSSR count). The lowest BCUT2D eigenvalue weighted by Gasteiger charge is -2.10. The number of rotatable bonds is 7. The fraction of sp³-hybridized carbons (Fsp3) is 0.261. The average molecular weight is 384 g/mol. The Hall–Kier alpha value is -3.25. The van der Waals surface area contributed by atoms with Gasteiger partial charge in [-0.25, -0.2) is 9.97 Å². The lowest BCUT2D eigenvalue weighted by atomic mass is 10.0. The predicted molar refractivity (Wildman–Crippen MR) is 115 cm³/mol. The van der Waals surface area contributed by atoms with E-state index in [-0.39, 0.29) is 0 Å². The minimum Gasteiger partial charge on any atom is -0.363 e. The zero-order valence-corrected chi connectivity index (χ0v) is 16.5. The molecule has 0 amide bonds. The number of aromatic nitrogens is 4. The first-order chi connectivity index (χ1) is 14.3. The summed E-state index contributed by atoms with van der Waals surface area (Å²) in [6, 6.07) is 11.4. The Balaban J connectivity index is 1.40. The van der Waals surface area contributed by atoms with Crippen molar-refractivity contribution in [1.82, 2.24) is 24.7 Å². The summed E-state index contributed by atoms with van der Waals surface area (Å²) < 4.78 is 2.09. The molecule has 0 bridgehead atoms. The first-order valence-corrected chi connectivity index (χ1v) is 10.1. The minimum absolute atomic E-state index is 0.657. The molecule has 0 radical (unpaired) electrons. The predicted octanol–water partition coefficient (Wildman–Crippen LogP) is 3.96. The van der Waals surface area contributed by atoms with Crippen LogP contribution in [0.2, 0.25) is 0 Å². The van der Waals surface area contributed by atoms with Gasteiger partial charge in [0, 0.05) is 49.5 Å². The molecular formula is C23H24N6. The SMILES string of the molecule is Cc1cc(-c2cnc3c(NCc4cccnc4)nccn23)ccc1CNC1CC1. The number of hydrogen-bond donors (Lipinski definition) is 2. The Bertz CT molecular complexity index is 1130. The van der Waals surface area contributed by atoms with E-state index in [1.54, 1.807) is 6.20 Å². The van der Waals surface area contributed by atoms with Crippen LogP contribution in [0.25, 0.3) is 16.9 Å². The van der Waals surface area contributed by atoms with Gasteiger partial charge in [-0.2, -0.15) is 0 Å². The van der Waals surface area contributed by atoms with Gasteiger partial charge in [-0.1, -0.05) is 18.2 Å². The van der Waals surface area contributed by atoms with Crippen LogP contribution in [0.3, 0.4) is 0 Å². The van der Waals surface area contributed by atoms with Gasteiger partial charge >= 0.3 is 0 Å². The molecule has 6 heteroatoms. The van der Waals surface area contributed by atoms with E-state index in [1.165, 1.54) is 24.0 Å². The Morgan fingerprint density at radius 3 is 2.79 bits per heavy atom. The zero-order chi connectivity index (χ0) is 19.6. The number of anilines is 1. The number of aryl methyl sites for hydroxylation is 1. The summed E-state index contributed by atoms with van der Waals surface area (Å²) in [6.45, 7) is 3.78. The van der Waals surface area contributed by atoms with E-state index >= 15 is 0 Å². The highest BCUT2D eigenvalue weighted by atomic mass is 15.1. The molecule has 146 valence electrons.